The van der Waals surface area contributed by atoms with Gasteiger partial charge in [-0.25, -0.2) is 4.39 Å². The second-order valence-electron chi connectivity index (χ2n) is 12.4. The van der Waals surface area contributed by atoms with Gasteiger partial charge in [0.1, 0.15) is 5.67 Å². The molecule has 3 N–H and O–H groups in total. The first kappa shape index (κ1) is 22.2. The molecule has 4 bridgehead atoms. The Bertz CT molecular complexity index is 1220. The van der Waals surface area contributed by atoms with Gasteiger partial charge in [0.25, 0.3) is 0 Å². The van der Waals surface area contributed by atoms with E-state index in [1.807, 2.05) is 17.0 Å². The van der Waals surface area contributed by atoms with E-state index in [1.54, 1.807) is 12.1 Å². The summed E-state index contributed by atoms with van der Waals surface area (Å²) in [5.41, 5.74) is 5.37. The lowest BCUT2D eigenvalue weighted by Crippen LogP contribution is -2.71. The van der Waals surface area contributed by atoms with Gasteiger partial charge in [0.15, 0.2) is 11.7 Å². The van der Waals surface area contributed by atoms with Gasteiger partial charge in [-0.3, -0.25) is 4.79 Å². The second-order valence-corrected chi connectivity index (χ2v) is 12.4. The van der Waals surface area contributed by atoms with Crippen LogP contribution in [-0.4, -0.2) is 39.3 Å². The van der Waals surface area contributed by atoms with E-state index in [-0.39, 0.29) is 22.6 Å². The third-order valence-electron chi connectivity index (χ3n) is 9.96. The number of halogens is 1. The van der Waals surface area contributed by atoms with Crippen molar-refractivity contribution in [3.63, 3.8) is 0 Å². The zero-order valence-corrected chi connectivity index (χ0v) is 20.4. The molecule has 0 unspecified atom stereocenters. The number of benzene rings is 1. The highest BCUT2D eigenvalue weighted by atomic mass is 19.1. The average molecular weight is 494 g/mol. The van der Waals surface area contributed by atoms with Gasteiger partial charge in [-0.1, -0.05) is 22.4 Å². The number of amidine groups is 1. The number of carbonyl (C=O) groups excluding carboxylic acids is 1. The van der Waals surface area contributed by atoms with Crippen LogP contribution in [0.3, 0.4) is 0 Å². The highest BCUT2D eigenvalue weighted by molar-refractivity contribution is 6.02. The molecule has 0 atom stereocenters. The average Bonchev–Trinajstić information content (AvgIpc) is 3.60. The van der Waals surface area contributed by atoms with Crippen LogP contribution in [0.1, 0.15) is 93.8 Å². The number of fused-ring (bicyclic) bond motifs is 3. The summed E-state index contributed by atoms with van der Waals surface area (Å²) < 4.78 is 20.1. The first-order valence-electron chi connectivity index (χ1n) is 13.2. The number of amides is 1. The highest BCUT2D eigenvalue weighted by Crippen LogP contribution is 2.70. The maximum Gasteiger partial charge on any atom is 0.233 e. The van der Waals surface area contributed by atoms with Crippen LogP contribution in [0.5, 0.6) is 0 Å². The number of nitrogens with two attached hydrogens (primary N) is 1. The summed E-state index contributed by atoms with van der Waals surface area (Å²) in [6.45, 7) is 0.597. The Hall–Kier alpha value is -2.97. The van der Waals surface area contributed by atoms with Crippen LogP contribution in [0.25, 0.3) is 0 Å². The first-order valence-corrected chi connectivity index (χ1v) is 13.2. The van der Waals surface area contributed by atoms with Crippen LogP contribution in [0.15, 0.2) is 33.9 Å². The maximum atomic E-state index is 14.4. The van der Waals surface area contributed by atoms with Crippen LogP contribution in [0.4, 0.5) is 10.1 Å². The van der Waals surface area contributed by atoms with E-state index < -0.39 is 11.1 Å². The molecule has 8 nitrogen and oxygen atoms in total. The van der Waals surface area contributed by atoms with Gasteiger partial charge in [0.2, 0.25) is 11.8 Å². The van der Waals surface area contributed by atoms with Gasteiger partial charge in [-0.15, -0.1) is 0 Å². The molecule has 9 heteroatoms. The number of alkyl halides is 1. The normalized spacial score (nSPS) is 36.8. The van der Waals surface area contributed by atoms with Crippen LogP contribution in [-0.2, 0) is 10.2 Å². The van der Waals surface area contributed by atoms with Gasteiger partial charge >= 0.3 is 0 Å². The summed E-state index contributed by atoms with van der Waals surface area (Å²) >= 11 is 0. The van der Waals surface area contributed by atoms with Crippen molar-refractivity contribution in [2.24, 2.45) is 21.7 Å². The standard InChI is InChI=1S/C27H32FN5O3/c28-27-13-26(14-27,15-27)23(34)33(19-3-1-2-18(12-19)20(29)31-35)16-24-6-9-25(10-7-24,11-8-24)22-30-21(32-36-22)17-4-5-17/h1-3,12,17,35H,4-11,13-16H2,(H2,29,31). The number of oxime groups is 1. The molecule has 7 aliphatic carbocycles. The molecule has 7 aliphatic rings. The predicted octanol–water partition coefficient (Wildman–Crippen LogP) is 4.56. The fraction of sp³-hybridized carbons (Fsp3) is 0.630. The molecule has 7 fully saturated rings. The van der Waals surface area contributed by atoms with Crippen molar-refractivity contribution in [2.75, 3.05) is 11.4 Å². The number of nitrogens with zero attached hydrogens (tertiary/aromatic N) is 4. The second kappa shape index (κ2) is 7.29. The Balaban J connectivity index is 1.15. The molecule has 0 radical (unpaired) electrons. The van der Waals surface area contributed by atoms with Crippen molar-refractivity contribution in [3.8, 4) is 0 Å². The van der Waals surface area contributed by atoms with Crippen LogP contribution in [0.2, 0.25) is 0 Å². The van der Waals surface area contributed by atoms with Crippen LogP contribution in [0, 0.1) is 10.8 Å². The number of rotatable bonds is 7. The summed E-state index contributed by atoms with van der Waals surface area (Å²) in [4.78, 5) is 20.6. The van der Waals surface area contributed by atoms with Crippen molar-refractivity contribution in [1.29, 1.82) is 0 Å². The van der Waals surface area contributed by atoms with Gasteiger partial charge in [0, 0.05) is 29.1 Å². The van der Waals surface area contributed by atoms with Gasteiger partial charge in [0.05, 0.1) is 5.41 Å². The lowest BCUT2D eigenvalue weighted by atomic mass is 9.41. The molecule has 1 aromatic heterocycles. The largest absolute Gasteiger partial charge is 0.409 e. The lowest BCUT2D eigenvalue weighted by Gasteiger charge is -2.65. The topological polar surface area (TPSA) is 118 Å². The van der Waals surface area contributed by atoms with Crippen molar-refractivity contribution < 1.29 is 18.9 Å². The Morgan fingerprint density at radius 3 is 2.47 bits per heavy atom. The molecule has 1 heterocycles. The van der Waals surface area contributed by atoms with Crippen LogP contribution >= 0.6 is 0 Å². The van der Waals surface area contributed by atoms with Gasteiger partial charge in [-0.2, -0.15) is 4.98 Å². The fourth-order valence-electron chi connectivity index (χ4n) is 7.46. The molecule has 7 saturated carbocycles. The van der Waals surface area contributed by atoms with Gasteiger partial charge in [-0.05, 0) is 88.2 Å². The Morgan fingerprint density at radius 2 is 1.86 bits per heavy atom. The molecule has 0 aliphatic heterocycles. The van der Waals surface area contributed by atoms with E-state index in [2.05, 4.69) is 10.3 Å². The Kier molecular flexibility index (Phi) is 4.51. The van der Waals surface area contributed by atoms with Crippen molar-refractivity contribution in [1.82, 2.24) is 10.1 Å². The van der Waals surface area contributed by atoms with E-state index >= 15 is 0 Å². The summed E-state index contributed by atoms with van der Waals surface area (Å²) in [6.07, 6.45) is 9.16. The monoisotopic (exact) mass is 493 g/mol. The van der Waals surface area contributed by atoms with Crippen molar-refractivity contribution in [3.05, 3.63) is 41.5 Å². The molecular formula is C27H32FN5O3. The summed E-state index contributed by atoms with van der Waals surface area (Å²) in [7, 11) is 0. The number of hydrogen-bond donors (Lipinski definition) is 2. The molecule has 1 aromatic carbocycles. The third kappa shape index (κ3) is 3.23. The SMILES string of the molecule is NC(=NO)c1cccc(N(CC23CCC(c4nc(C5CC5)no4)(CC2)CC3)C(=O)C23CC(F)(C2)C3)c1. The minimum Gasteiger partial charge on any atom is -0.409 e. The maximum absolute atomic E-state index is 14.4. The van der Waals surface area contributed by atoms with Crippen molar-refractivity contribution in [2.45, 2.75) is 87.6 Å². The smallest absolute Gasteiger partial charge is 0.233 e. The molecule has 0 saturated heterocycles. The van der Waals surface area contributed by atoms with E-state index in [9.17, 15) is 9.18 Å². The number of hydrogen-bond acceptors (Lipinski definition) is 6. The molecule has 9 rings (SSSR count). The molecular weight excluding hydrogens is 461 g/mol. The number of aromatic nitrogens is 2. The van der Waals surface area contributed by atoms with E-state index in [4.69, 9.17) is 20.4 Å². The fourth-order valence-corrected chi connectivity index (χ4v) is 7.46. The molecule has 36 heavy (non-hydrogen) atoms. The quantitative estimate of drug-likeness (QED) is 0.253. The van der Waals surface area contributed by atoms with E-state index in [0.717, 1.165) is 68.8 Å². The Labute approximate surface area is 209 Å². The van der Waals surface area contributed by atoms with Crippen LogP contribution < -0.4 is 10.6 Å². The zero-order valence-electron chi connectivity index (χ0n) is 20.4. The predicted molar refractivity (Wildman–Crippen MR) is 130 cm³/mol. The molecule has 190 valence electrons. The van der Waals surface area contributed by atoms with E-state index in [1.165, 1.54) is 0 Å². The van der Waals surface area contributed by atoms with Crippen molar-refractivity contribution >= 4 is 17.4 Å². The number of anilines is 1. The molecule has 0 spiro atoms. The minimum absolute atomic E-state index is 0.000306. The molecule has 1 amide bonds. The number of carbonyl (C=O) groups is 1. The van der Waals surface area contributed by atoms with E-state index in [0.29, 0.717) is 37.3 Å². The lowest BCUT2D eigenvalue weighted by molar-refractivity contribution is -0.211. The molecule has 2 aromatic rings. The summed E-state index contributed by atoms with van der Waals surface area (Å²) in [5.74, 6) is 2.17. The third-order valence-corrected chi connectivity index (χ3v) is 9.96. The zero-order chi connectivity index (χ0) is 24.8. The summed E-state index contributed by atoms with van der Waals surface area (Å²) in [5, 5.41) is 16.6. The Morgan fingerprint density at radius 1 is 1.17 bits per heavy atom. The summed E-state index contributed by atoms with van der Waals surface area (Å²) in [6, 6.07) is 7.27. The highest BCUT2D eigenvalue weighted by Gasteiger charge is 2.73. The van der Waals surface area contributed by atoms with Gasteiger partial charge < -0.3 is 20.4 Å². The minimum atomic E-state index is -1.14. The first-order chi connectivity index (χ1) is 17.3.